The first-order valence-electron chi connectivity index (χ1n) is 8.07. The van der Waals surface area contributed by atoms with Crippen LogP contribution in [-0.4, -0.2) is 19.1 Å². The van der Waals surface area contributed by atoms with Crippen LogP contribution < -0.4 is 15.8 Å². The van der Waals surface area contributed by atoms with E-state index in [0.29, 0.717) is 43.0 Å². The summed E-state index contributed by atoms with van der Waals surface area (Å²) in [4.78, 5) is 12.2. The van der Waals surface area contributed by atoms with Crippen molar-refractivity contribution in [2.75, 3.05) is 18.5 Å². The highest BCUT2D eigenvalue weighted by atomic mass is 19.1. The number of ether oxygens (including phenoxy) is 1. The summed E-state index contributed by atoms with van der Waals surface area (Å²) >= 11 is 0. The predicted octanol–water partition coefficient (Wildman–Crippen LogP) is 3.37. The fraction of sp³-hybridized carbons (Fsp3) is 0.316. The number of benzene rings is 2. The van der Waals surface area contributed by atoms with Crippen LogP contribution in [0.25, 0.3) is 0 Å². The fourth-order valence-corrected chi connectivity index (χ4v) is 2.28. The second kappa shape index (κ2) is 9.03. The number of aryl methyl sites for hydroxylation is 1. The number of carbonyl (C=O) groups is 1. The SMILES string of the molecule is CC(CCc1ccccc1F)C(=O)Nc1ccc(OCCN)cc1. The van der Waals surface area contributed by atoms with Gasteiger partial charge in [-0.1, -0.05) is 25.1 Å². The van der Waals surface area contributed by atoms with Crippen LogP contribution in [0.4, 0.5) is 10.1 Å². The molecule has 2 rings (SSSR count). The van der Waals surface area contributed by atoms with Gasteiger partial charge in [0.25, 0.3) is 0 Å². The van der Waals surface area contributed by atoms with Gasteiger partial charge in [0, 0.05) is 18.2 Å². The number of hydrogen-bond acceptors (Lipinski definition) is 3. The maximum absolute atomic E-state index is 13.6. The molecule has 0 aromatic heterocycles. The lowest BCUT2D eigenvalue weighted by atomic mass is 10.00. The highest BCUT2D eigenvalue weighted by Gasteiger charge is 2.14. The van der Waals surface area contributed by atoms with E-state index >= 15 is 0 Å². The van der Waals surface area contributed by atoms with Crippen molar-refractivity contribution < 1.29 is 13.9 Å². The van der Waals surface area contributed by atoms with Crippen molar-refractivity contribution in [2.24, 2.45) is 11.7 Å². The van der Waals surface area contributed by atoms with Crippen molar-refractivity contribution in [2.45, 2.75) is 19.8 Å². The van der Waals surface area contributed by atoms with Crippen LogP contribution in [0.15, 0.2) is 48.5 Å². The molecule has 2 aromatic carbocycles. The maximum Gasteiger partial charge on any atom is 0.227 e. The van der Waals surface area contributed by atoms with Gasteiger partial charge in [0.1, 0.15) is 18.2 Å². The molecular formula is C19H23FN2O2. The van der Waals surface area contributed by atoms with Crippen molar-refractivity contribution in [1.29, 1.82) is 0 Å². The van der Waals surface area contributed by atoms with Gasteiger partial charge in [-0.3, -0.25) is 4.79 Å². The molecule has 0 heterocycles. The molecule has 0 fully saturated rings. The molecule has 0 saturated carbocycles. The zero-order valence-corrected chi connectivity index (χ0v) is 13.8. The Morgan fingerprint density at radius 2 is 1.92 bits per heavy atom. The maximum atomic E-state index is 13.6. The van der Waals surface area contributed by atoms with E-state index < -0.39 is 0 Å². The smallest absolute Gasteiger partial charge is 0.227 e. The van der Waals surface area contributed by atoms with Crippen molar-refractivity contribution in [1.82, 2.24) is 0 Å². The summed E-state index contributed by atoms with van der Waals surface area (Å²) in [7, 11) is 0. The van der Waals surface area contributed by atoms with Crippen LogP contribution in [-0.2, 0) is 11.2 Å². The Morgan fingerprint density at radius 1 is 1.21 bits per heavy atom. The van der Waals surface area contributed by atoms with E-state index in [9.17, 15) is 9.18 Å². The van der Waals surface area contributed by atoms with Crippen LogP contribution in [0.2, 0.25) is 0 Å². The third-order valence-electron chi connectivity index (χ3n) is 3.76. The van der Waals surface area contributed by atoms with Crippen LogP contribution in [0.5, 0.6) is 5.75 Å². The quantitative estimate of drug-likeness (QED) is 0.780. The molecule has 1 atom stereocenters. The number of carbonyl (C=O) groups excluding carboxylic acids is 1. The first-order chi connectivity index (χ1) is 11.6. The highest BCUT2D eigenvalue weighted by molar-refractivity contribution is 5.92. The molecule has 0 bridgehead atoms. The minimum Gasteiger partial charge on any atom is -0.492 e. The van der Waals surface area contributed by atoms with Gasteiger partial charge in [-0.25, -0.2) is 4.39 Å². The number of hydrogen-bond donors (Lipinski definition) is 2. The topological polar surface area (TPSA) is 64.3 Å². The molecule has 0 saturated heterocycles. The molecular weight excluding hydrogens is 307 g/mol. The van der Waals surface area contributed by atoms with Gasteiger partial charge in [0.15, 0.2) is 0 Å². The van der Waals surface area contributed by atoms with Gasteiger partial charge < -0.3 is 15.8 Å². The zero-order valence-electron chi connectivity index (χ0n) is 13.8. The summed E-state index contributed by atoms with van der Waals surface area (Å²) in [6.07, 6.45) is 1.12. The Hall–Kier alpha value is -2.40. The lowest BCUT2D eigenvalue weighted by Crippen LogP contribution is -2.21. The second-order valence-corrected chi connectivity index (χ2v) is 5.68. The number of nitrogens with one attached hydrogen (secondary N) is 1. The van der Waals surface area contributed by atoms with Crippen LogP contribution in [0, 0.1) is 11.7 Å². The molecule has 3 N–H and O–H groups in total. The normalized spacial score (nSPS) is 11.8. The van der Waals surface area contributed by atoms with Crippen LogP contribution in [0.3, 0.4) is 0 Å². The third-order valence-corrected chi connectivity index (χ3v) is 3.76. The van der Waals surface area contributed by atoms with E-state index in [4.69, 9.17) is 10.5 Å². The lowest BCUT2D eigenvalue weighted by Gasteiger charge is -2.13. The Morgan fingerprint density at radius 3 is 2.58 bits per heavy atom. The zero-order chi connectivity index (χ0) is 17.4. The van der Waals surface area contributed by atoms with E-state index in [2.05, 4.69) is 5.32 Å². The summed E-state index contributed by atoms with van der Waals surface area (Å²) in [5.74, 6) is 0.198. The molecule has 5 heteroatoms. The molecule has 0 aliphatic rings. The fourth-order valence-electron chi connectivity index (χ4n) is 2.28. The molecule has 0 radical (unpaired) electrons. The molecule has 1 unspecified atom stereocenters. The number of anilines is 1. The molecule has 0 aliphatic heterocycles. The summed E-state index contributed by atoms with van der Waals surface area (Å²) in [5.41, 5.74) is 6.72. The van der Waals surface area contributed by atoms with E-state index in [0.717, 1.165) is 0 Å². The monoisotopic (exact) mass is 330 g/mol. The predicted molar refractivity (Wildman–Crippen MR) is 93.5 cm³/mol. The molecule has 0 aliphatic carbocycles. The van der Waals surface area contributed by atoms with Gasteiger partial charge in [-0.2, -0.15) is 0 Å². The third kappa shape index (κ3) is 5.35. The van der Waals surface area contributed by atoms with Crippen LogP contribution >= 0.6 is 0 Å². The summed E-state index contributed by atoms with van der Waals surface area (Å²) in [6.45, 7) is 2.76. The van der Waals surface area contributed by atoms with Gasteiger partial charge in [0.05, 0.1) is 0 Å². The van der Waals surface area contributed by atoms with Gasteiger partial charge in [-0.05, 0) is 48.7 Å². The van der Waals surface area contributed by atoms with Crippen LogP contribution in [0.1, 0.15) is 18.9 Å². The summed E-state index contributed by atoms with van der Waals surface area (Å²) < 4.78 is 19.0. The Kier molecular flexibility index (Phi) is 6.75. The Labute approximate surface area is 141 Å². The van der Waals surface area contributed by atoms with E-state index in [-0.39, 0.29) is 17.6 Å². The number of halogens is 1. The number of amides is 1. The van der Waals surface area contributed by atoms with Gasteiger partial charge >= 0.3 is 0 Å². The van der Waals surface area contributed by atoms with Crippen molar-refractivity contribution in [3.63, 3.8) is 0 Å². The van der Waals surface area contributed by atoms with Crippen molar-refractivity contribution in [3.8, 4) is 5.75 Å². The first kappa shape index (κ1) is 17.9. The Balaban J connectivity index is 1.84. The number of nitrogens with two attached hydrogens (primary N) is 1. The van der Waals surface area contributed by atoms with E-state index in [1.165, 1.54) is 6.07 Å². The first-order valence-corrected chi connectivity index (χ1v) is 8.07. The average molecular weight is 330 g/mol. The lowest BCUT2D eigenvalue weighted by molar-refractivity contribution is -0.119. The summed E-state index contributed by atoms with van der Waals surface area (Å²) in [6, 6.07) is 13.8. The molecule has 4 nitrogen and oxygen atoms in total. The van der Waals surface area contributed by atoms with Crippen molar-refractivity contribution >= 4 is 11.6 Å². The molecule has 0 spiro atoms. The molecule has 1 amide bonds. The standard InChI is InChI=1S/C19H23FN2O2/c1-14(6-7-15-4-2-3-5-18(15)20)19(23)22-16-8-10-17(11-9-16)24-13-12-21/h2-5,8-11,14H,6-7,12-13,21H2,1H3,(H,22,23). The number of rotatable bonds is 8. The van der Waals surface area contributed by atoms with Gasteiger partial charge in [-0.15, -0.1) is 0 Å². The average Bonchev–Trinajstić information content (AvgIpc) is 2.60. The van der Waals surface area contributed by atoms with E-state index in [1.54, 1.807) is 42.5 Å². The molecule has 2 aromatic rings. The minimum atomic E-state index is -0.224. The minimum absolute atomic E-state index is 0.0815. The molecule has 128 valence electrons. The molecule has 24 heavy (non-hydrogen) atoms. The largest absolute Gasteiger partial charge is 0.492 e. The van der Waals surface area contributed by atoms with Gasteiger partial charge in [0.2, 0.25) is 5.91 Å². The van der Waals surface area contributed by atoms with E-state index in [1.807, 2.05) is 6.92 Å². The van der Waals surface area contributed by atoms with Crippen molar-refractivity contribution in [3.05, 3.63) is 59.9 Å². The highest BCUT2D eigenvalue weighted by Crippen LogP contribution is 2.18. The summed E-state index contributed by atoms with van der Waals surface area (Å²) in [5, 5.41) is 2.86. The second-order valence-electron chi connectivity index (χ2n) is 5.68. The Bertz CT molecular complexity index is 659.